The summed E-state index contributed by atoms with van der Waals surface area (Å²) in [5, 5.41) is 2.75. The third kappa shape index (κ3) is 3.11. The molecule has 0 fully saturated rings. The van der Waals surface area contributed by atoms with E-state index in [1.807, 2.05) is 29.2 Å². The van der Waals surface area contributed by atoms with Gasteiger partial charge in [0, 0.05) is 26.0 Å². The van der Waals surface area contributed by atoms with Gasteiger partial charge in [-0.05, 0) is 5.18 Å². The molecular weight excluding hydrogens is 194 g/mol. The van der Waals surface area contributed by atoms with Crippen molar-refractivity contribution in [1.82, 2.24) is 9.80 Å². The monoisotopic (exact) mass is 207 g/mol. The zero-order chi connectivity index (χ0) is 11.1. The highest BCUT2D eigenvalue weighted by molar-refractivity contribution is 5.12. The highest BCUT2D eigenvalue weighted by atomic mass is 16.5. The zero-order valence-electron chi connectivity index (χ0n) is 8.59. The zero-order valence-corrected chi connectivity index (χ0v) is 8.59. The molecule has 5 heteroatoms. The second-order valence-corrected chi connectivity index (χ2v) is 2.95. The van der Waals surface area contributed by atoms with Crippen LogP contribution in [0.4, 0.5) is 0 Å². The predicted molar refractivity (Wildman–Crippen MR) is 57.1 cm³/mol. The molecule has 0 atom stereocenters. The summed E-state index contributed by atoms with van der Waals surface area (Å²) in [6.07, 6.45) is 10.0. The second kappa shape index (κ2) is 5.83. The minimum atomic E-state index is 0.304. The van der Waals surface area contributed by atoms with E-state index in [-0.39, 0.29) is 0 Å². The van der Waals surface area contributed by atoms with Gasteiger partial charge < -0.3 is 14.5 Å². The topological polar surface area (TPSA) is 45.1 Å². The molecule has 1 heterocycles. The van der Waals surface area contributed by atoms with Crippen molar-refractivity contribution in [2.24, 2.45) is 5.18 Å². The average Bonchev–Trinajstić information content (AvgIpc) is 2.57. The van der Waals surface area contributed by atoms with E-state index in [4.69, 9.17) is 11.2 Å². The van der Waals surface area contributed by atoms with E-state index in [1.165, 1.54) is 6.20 Å². The first-order chi connectivity index (χ1) is 7.29. The number of rotatable bonds is 5. The minimum absolute atomic E-state index is 0.304. The Bertz CT molecular complexity index is 317. The number of nitrogens with zero attached hydrogens (tertiary/aromatic N) is 3. The van der Waals surface area contributed by atoms with E-state index in [2.05, 4.69) is 11.1 Å². The van der Waals surface area contributed by atoms with Crippen molar-refractivity contribution in [3.05, 3.63) is 29.3 Å². The van der Waals surface area contributed by atoms with Gasteiger partial charge in [0.05, 0.1) is 6.61 Å². The molecule has 0 aliphatic carbocycles. The molecule has 1 aliphatic rings. The lowest BCUT2D eigenvalue weighted by molar-refractivity contribution is 0.149. The van der Waals surface area contributed by atoms with Gasteiger partial charge >= 0.3 is 0 Å². The lowest BCUT2D eigenvalue weighted by Gasteiger charge is -2.20. The molecule has 0 unspecified atom stereocenters. The van der Waals surface area contributed by atoms with E-state index in [0.717, 1.165) is 5.82 Å². The summed E-state index contributed by atoms with van der Waals surface area (Å²) in [7, 11) is 1.84. The van der Waals surface area contributed by atoms with Crippen molar-refractivity contribution in [1.29, 1.82) is 0 Å². The Labute approximate surface area is 89.0 Å². The first-order valence-corrected chi connectivity index (χ1v) is 4.51. The van der Waals surface area contributed by atoms with Gasteiger partial charge in [-0.25, -0.2) is 0 Å². The third-order valence-electron chi connectivity index (χ3n) is 1.96. The van der Waals surface area contributed by atoms with E-state index in [1.54, 1.807) is 0 Å². The average molecular weight is 207 g/mol. The molecule has 0 aromatic heterocycles. The highest BCUT2D eigenvalue weighted by Gasteiger charge is 2.15. The molecule has 0 spiro atoms. The van der Waals surface area contributed by atoms with Crippen molar-refractivity contribution < 1.29 is 4.74 Å². The van der Waals surface area contributed by atoms with Crippen LogP contribution in [-0.4, -0.2) is 36.6 Å². The van der Waals surface area contributed by atoms with Crippen LogP contribution in [0.2, 0.25) is 0 Å². The van der Waals surface area contributed by atoms with E-state index in [9.17, 15) is 4.91 Å². The fourth-order valence-corrected chi connectivity index (χ4v) is 1.23. The molecule has 15 heavy (non-hydrogen) atoms. The van der Waals surface area contributed by atoms with Crippen LogP contribution in [-0.2, 0) is 4.74 Å². The SMILES string of the molecule is C#CCOCCN1C=CN(C)/C1=C\N=O. The first-order valence-electron chi connectivity index (χ1n) is 4.51. The number of hydrogen-bond acceptors (Lipinski definition) is 5. The molecule has 0 aromatic rings. The molecular formula is C10H13N3O2. The van der Waals surface area contributed by atoms with Crippen LogP contribution in [0.15, 0.2) is 29.6 Å². The van der Waals surface area contributed by atoms with Crippen LogP contribution in [0.25, 0.3) is 0 Å². The Hall–Kier alpha value is -1.80. The minimum Gasteiger partial charge on any atom is -0.367 e. The van der Waals surface area contributed by atoms with Crippen molar-refractivity contribution in [3.63, 3.8) is 0 Å². The van der Waals surface area contributed by atoms with Crippen LogP contribution >= 0.6 is 0 Å². The maximum atomic E-state index is 10.2. The Balaban J connectivity index is 2.41. The van der Waals surface area contributed by atoms with Gasteiger partial charge in [-0.2, -0.15) is 0 Å². The predicted octanol–water partition coefficient (Wildman–Crippen LogP) is 0.920. The summed E-state index contributed by atoms with van der Waals surface area (Å²) in [5.74, 6) is 3.12. The maximum absolute atomic E-state index is 10.2. The number of ether oxygens (including phenoxy) is 1. The summed E-state index contributed by atoms with van der Waals surface area (Å²) < 4.78 is 5.14. The van der Waals surface area contributed by atoms with Crippen LogP contribution in [0.3, 0.4) is 0 Å². The van der Waals surface area contributed by atoms with Crippen LogP contribution in [0.5, 0.6) is 0 Å². The number of nitroso groups, excluding NO2 is 1. The summed E-state index contributed by atoms with van der Waals surface area (Å²) in [5.41, 5.74) is 0. The molecule has 0 amide bonds. The molecule has 1 aliphatic heterocycles. The van der Waals surface area contributed by atoms with E-state index >= 15 is 0 Å². The van der Waals surface area contributed by atoms with Crippen molar-refractivity contribution in [2.45, 2.75) is 0 Å². The molecule has 0 aromatic carbocycles. The van der Waals surface area contributed by atoms with Crippen LogP contribution in [0, 0.1) is 17.3 Å². The number of hydrogen-bond donors (Lipinski definition) is 0. The van der Waals surface area contributed by atoms with Crippen molar-refractivity contribution >= 4 is 0 Å². The van der Waals surface area contributed by atoms with E-state index in [0.29, 0.717) is 19.8 Å². The van der Waals surface area contributed by atoms with Crippen LogP contribution in [0.1, 0.15) is 0 Å². The molecule has 0 radical (unpaired) electrons. The van der Waals surface area contributed by atoms with Gasteiger partial charge in [0.15, 0.2) is 0 Å². The first kappa shape index (κ1) is 11.3. The van der Waals surface area contributed by atoms with Gasteiger partial charge in [-0.3, -0.25) is 0 Å². The van der Waals surface area contributed by atoms with Gasteiger partial charge in [0.2, 0.25) is 0 Å². The van der Waals surface area contributed by atoms with Gasteiger partial charge in [-0.15, -0.1) is 11.3 Å². The second-order valence-electron chi connectivity index (χ2n) is 2.95. The molecule has 0 N–H and O–H groups in total. The number of terminal acetylenes is 1. The highest BCUT2D eigenvalue weighted by Crippen LogP contribution is 2.16. The Morgan fingerprint density at radius 3 is 3.13 bits per heavy atom. The summed E-state index contributed by atoms with van der Waals surface area (Å²) in [6, 6.07) is 0. The van der Waals surface area contributed by atoms with Gasteiger partial charge in [0.1, 0.15) is 18.6 Å². The Kier molecular flexibility index (Phi) is 4.38. The molecule has 80 valence electrons. The van der Waals surface area contributed by atoms with E-state index < -0.39 is 0 Å². The normalized spacial score (nSPS) is 17.2. The Morgan fingerprint density at radius 2 is 2.47 bits per heavy atom. The summed E-state index contributed by atoms with van der Waals surface area (Å²) in [6.45, 7) is 1.46. The fraction of sp³-hybridized carbons (Fsp3) is 0.400. The molecule has 0 saturated heterocycles. The van der Waals surface area contributed by atoms with Crippen molar-refractivity contribution in [2.75, 3.05) is 26.8 Å². The Morgan fingerprint density at radius 1 is 1.67 bits per heavy atom. The summed E-state index contributed by atoms with van der Waals surface area (Å²) >= 11 is 0. The standard InChI is InChI=1S/C10H13N3O2/c1-3-7-15-8-6-13-5-4-12(2)10(13)9-11-14/h1,4-5,9H,6-8H2,2H3/b10-9+. The van der Waals surface area contributed by atoms with Crippen molar-refractivity contribution in [3.8, 4) is 12.3 Å². The molecule has 5 nitrogen and oxygen atoms in total. The molecule has 0 bridgehead atoms. The lowest BCUT2D eigenvalue weighted by atomic mass is 10.5. The lowest BCUT2D eigenvalue weighted by Crippen LogP contribution is -2.23. The summed E-state index contributed by atoms with van der Waals surface area (Å²) in [4.78, 5) is 13.8. The largest absolute Gasteiger partial charge is 0.367 e. The van der Waals surface area contributed by atoms with Gasteiger partial charge in [0.25, 0.3) is 0 Å². The molecule has 0 saturated carbocycles. The van der Waals surface area contributed by atoms with Crippen LogP contribution < -0.4 is 0 Å². The maximum Gasteiger partial charge on any atom is 0.134 e. The molecule has 1 rings (SSSR count). The smallest absolute Gasteiger partial charge is 0.134 e. The quantitative estimate of drug-likeness (QED) is 0.382. The van der Waals surface area contributed by atoms with Gasteiger partial charge in [-0.1, -0.05) is 5.92 Å². The fourth-order valence-electron chi connectivity index (χ4n) is 1.23. The third-order valence-corrected chi connectivity index (χ3v) is 1.96.